The van der Waals surface area contributed by atoms with E-state index in [0.717, 1.165) is 27.9 Å². The van der Waals surface area contributed by atoms with Crippen LogP contribution in [0, 0.1) is 5.92 Å². The third-order valence-electron chi connectivity index (χ3n) is 12.8. The maximum Gasteiger partial charge on any atom is 0.143 e. The number of para-hydroxylation sites is 1. The molecule has 1 spiro atoms. The molecular weight excluding hydrogens is 691 g/mol. The van der Waals surface area contributed by atoms with Crippen LogP contribution in [0.5, 0.6) is 0 Å². The molecule has 2 nitrogen and oxygen atoms in total. The highest BCUT2D eigenvalue weighted by Crippen LogP contribution is 2.67. The molecule has 0 saturated heterocycles. The first-order chi connectivity index (χ1) is 28.3. The average molecular weight is 728 g/mol. The topological polar surface area (TPSA) is 16.4 Å². The quantitative estimate of drug-likeness (QED) is 0.175. The minimum Gasteiger partial charge on any atom is -0.455 e. The fraction of sp³-hybridized carbons (Fsp3) is 0.0545. The van der Waals surface area contributed by atoms with Crippen LogP contribution in [0.2, 0.25) is 0 Å². The van der Waals surface area contributed by atoms with Crippen LogP contribution in [0.3, 0.4) is 0 Å². The summed E-state index contributed by atoms with van der Waals surface area (Å²) in [6.45, 7) is 0. The average Bonchev–Trinajstić information content (AvgIpc) is 3.92. The summed E-state index contributed by atoms with van der Waals surface area (Å²) in [7, 11) is 0. The third-order valence-corrected chi connectivity index (χ3v) is 12.8. The molecule has 0 fully saturated rings. The molecule has 3 atom stereocenters. The summed E-state index contributed by atoms with van der Waals surface area (Å²) in [5.41, 5.74) is 17.8. The van der Waals surface area contributed by atoms with Gasteiger partial charge in [0.2, 0.25) is 0 Å². The standard InChI is InChI=1S/C55H37NO/c1-3-14-36(15-4-1)38-26-30-40(31-27-38)56(41-32-28-39(29-33-41)37-16-5-2-6-17-37)50-24-13-23-48-52(50)44-19-7-10-21-46(44)55(48)47-22-11-8-20-45(47)53-49(55)35-34-43-42-18-9-12-25-51(42)57-54(43)53/h1-35,48,52H. The van der Waals surface area contributed by atoms with E-state index >= 15 is 0 Å². The van der Waals surface area contributed by atoms with Gasteiger partial charge in [-0.25, -0.2) is 0 Å². The van der Waals surface area contributed by atoms with Gasteiger partial charge in [0, 0.05) is 45.2 Å². The van der Waals surface area contributed by atoms with Crippen molar-refractivity contribution in [2.75, 3.05) is 4.90 Å². The van der Waals surface area contributed by atoms with Gasteiger partial charge < -0.3 is 9.32 Å². The number of fused-ring (bicyclic) bond motifs is 14. The Morgan fingerprint density at radius 1 is 0.456 bits per heavy atom. The lowest BCUT2D eigenvalue weighted by atomic mass is 9.65. The zero-order valence-electron chi connectivity index (χ0n) is 31.2. The highest BCUT2D eigenvalue weighted by molar-refractivity contribution is 6.12. The molecule has 1 heterocycles. The summed E-state index contributed by atoms with van der Waals surface area (Å²) in [6, 6.07) is 71.0. The Kier molecular flexibility index (Phi) is 7.00. The number of anilines is 2. The Hall–Kier alpha value is -7.16. The van der Waals surface area contributed by atoms with Gasteiger partial charge in [-0.2, -0.15) is 0 Å². The molecule has 0 saturated carbocycles. The van der Waals surface area contributed by atoms with E-state index in [1.54, 1.807) is 0 Å². The summed E-state index contributed by atoms with van der Waals surface area (Å²) < 4.78 is 6.80. The fourth-order valence-electron chi connectivity index (χ4n) is 10.5. The predicted molar refractivity (Wildman–Crippen MR) is 235 cm³/mol. The van der Waals surface area contributed by atoms with E-state index in [9.17, 15) is 0 Å². The highest BCUT2D eigenvalue weighted by Gasteiger charge is 2.59. The first-order valence-electron chi connectivity index (χ1n) is 19.9. The second-order valence-corrected chi connectivity index (χ2v) is 15.5. The maximum atomic E-state index is 6.80. The van der Waals surface area contributed by atoms with Crippen molar-refractivity contribution in [2.24, 2.45) is 5.92 Å². The van der Waals surface area contributed by atoms with Crippen molar-refractivity contribution in [3.05, 3.63) is 240 Å². The fourth-order valence-corrected chi connectivity index (χ4v) is 10.5. The molecule has 12 rings (SSSR count). The summed E-state index contributed by atoms with van der Waals surface area (Å²) in [6.07, 6.45) is 7.16. The predicted octanol–water partition coefficient (Wildman–Crippen LogP) is 14.2. The first kappa shape index (κ1) is 32.1. The number of nitrogens with zero attached hydrogens (tertiary/aromatic N) is 1. The van der Waals surface area contributed by atoms with Gasteiger partial charge in [-0.1, -0.05) is 176 Å². The van der Waals surface area contributed by atoms with E-state index in [2.05, 4.69) is 217 Å². The second kappa shape index (κ2) is 12.4. The molecule has 2 heteroatoms. The Morgan fingerprint density at radius 3 is 1.74 bits per heavy atom. The summed E-state index contributed by atoms with van der Waals surface area (Å²) in [4.78, 5) is 2.50. The zero-order chi connectivity index (χ0) is 37.5. The van der Waals surface area contributed by atoms with E-state index in [-0.39, 0.29) is 11.8 Å². The maximum absolute atomic E-state index is 6.80. The van der Waals surface area contributed by atoms with Crippen LogP contribution in [-0.4, -0.2) is 0 Å². The van der Waals surface area contributed by atoms with Crippen LogP contribution >= 0.6 is 0 Å². The van der Waals surface area contributed by atoms with Crippen molar-refractivity contribution in [3.63, 3.8) is 0 Å². The Morgan fingerprint density at radius 2 is 1.04 bits per heavy atom. The molecule has 0 aliphatic heterocycles. The van der Waals surface area contributed by atoms with Crippen LogP contribution < -0.4 is 4.90 Å². The van der Waals surface area contributed by atoms with Crippen molar-refractivity contribution >= 4 is 33.3 Å². The molecule has 3 aliphatic carbocycles. The molecule has 3 unspecified atom stereocenters. The summed E-state index contributed by atoms with van der Waals surface area (Å²) >= 11 is 0. The Labute approximate surface area is 332 Å². The van der Waals surface area contributed by atoms with Crippen LogP contribution in [0.1, 0.15) is 28.2 Å². The van der Waals surface area contributed by atoms with Crippen molar-refractivity contribution in [1.82, 2.24) is 0 Å². The molecule has 8 aromatic carbocycles. The van der Waals surface area contributed by atoms with Crippen molar-refractivity contribution < 1.29 is 4.42 Å². The van der Waals surface area contributed by atoms with E-state index in [1.807, 2.05) is 0 Å². The van der Waals surface area contributed by atoms with Crippen LogP contribution in [-0.2, 0) is 5.41 Å². The van der Waals surface area contributed by atoms with Gasteiger partial charge >= 0.3 is 0 Å². The zero-order valence-corrected chi connectivity index (χ0v) is 31.2. The molecule has 57 heavy (non-hydrogen) atoms. The van der Waals surface area contributed by atoms with Gasteiger partial charge in [0.25, 0.3) is 0 Å². The molecule has 9 aromatic rings. The van der Waals surface area contributed by atoms with Crippen molar-refractivity contribution in [1.29, 1.82) is 0 Å². The van der Waals surface area contributed by atoms with Gasteiger partial charge in [-0.3, -0.25) is 0 Å². The van der Waals surface area contributed by atoms with Gasteiger partial charge in [0.1, 0.15) is 11.2 Å². The molecule has 0 bridgehead atoms. The van der Waals surface area contributed by atoms with Crippen molar-refractivity contribution in [3.8, 4) is 33.4 Å². The third kappa shape index (κ3) is 4.59. The number of hydrogen-bond acceptors (Lipinski definition) is 2. The van der Waals surface area contributed by atoms with Gasteiger partial charge in [-0.15, -0.1) is 0 Å². The van der Waals surface area contributed by atoms with E-state index in [0.29, 0.717) is 0 Å². The van der Waals surface area contributed by atoms with Gasteiger partial charge in [0.15, 0.2) is 0 Å². The summed E-state index contributed by atoms with van der Waals surface area (Å²) in [5, 5.41) is 2.33. The normalized spacial score (nSPS) is 18.6. The molecular formula is C55H37NO. The van der Waals surface area contributed by atoms with Gasteiger partial charge in [-0.05, 0) is 86.5 Å². The number of furan rings is 1. The molecule has 3 aliphatic rings. The number of rotatable bonds is 5. The largest absolute Gasteiger partial charge is 0.455 e. The highest BCUT2D eigenvalue weighted by atomic mass is 16.3. The molecule has 1 aromatic heterocycles. The number of benzene rings is 8. The Balaban J connectivity index is 1.06. The Bertz CT molecular complexity index is 2980. The van der Waals surface area contributed by atoms with E-state index in [4.69, 9.17) is 4.42 Å². The molecule has 0 amide bonds. The molecule has 0 N–H and O–H groups in total. The number of hydrogen-bond donors (Lipinski definition) is 0. The molecule has 268 valence electrons. The monoisotopic (exact) mass is 727 g/mol. The van der Waals surface area contributed by atoms with E-state index < -0.39 is 5.41 Å². The molecule has 0 radical (unpaired) electrons. The minimum absolute atomic E-state index is 0.0826. The number of allylic oxidation sites excluding steroid dienone is 4. The van der Waals surface area contributed by atoms with Crippen molar-refractivity contribution in [2.45, 2.75) is 11.3 Å². The lowest BCUT2D eigenvalue weighted by Crippen LogP contribution is -2.35. The van der Waals surface area contributed by atoms with Crippen LogP contribution in [0.4, 0.5) is 11.4 Å². The summed E-state index contributed by atoms with van der Waals surface area (Å²) in [5.74, 6) is 0.202. The lowest BCUT2D eigenvalue weighted by molar-refractivity contribution is 0.451. The van der Waals surface area contributed by atoms with Crippen LogP contribution in [0.15, 0.2) is 222 Å². The van der Waals surface area contributed by atoms with Gasteiger partial charge in [0.05, 0.1) is 5.41 Å². The minimum atomic E-state index is -0.406. The van der Waals surface area contributed by atoms with Crippen LogP contribution in [0.25, 0.3) is 55.3 Å². The first-order valence-corrected chi connectivity index (χ1v) is 19.9. The second-order valence-electron chi connectivity index (χ2n) is 15.5. The van der Waals surface area contributed by atoms with E-state index in [1.165, 1.54) is 66.7 Å². The SMILES string of the molecule is C1=CC2C(C(N(c3ccc(-c4ccccc4)cc3)c3ccc(-c4ccccc4)cc3)=C1)c1ccccc1C21c2ccccc2-c2c1ccc1c2oc2ccccc21. The smallest absolute Gasteiger partial charge is 0.143 e. The lowest BCUT2D eigenvalue weighted by Gasteiger charge is -2.40.